The fourth-order valence-corrected chi connectivity index (χ4v) is 6.55. The molecule has 0 N–H and O–H groups in total. The van der Waals surface area contributed by atoms with Crippen molar-refractivity contribution in [1.29, 1.82) is 0 Å². The van der Waals surface area contributed by atoms with Crippen molar-refractivity contribution < 1.29 is 0 Å². The van der Waals surface area contributed by atoms with Gasteiger partial charge >= 0.3 is 0 Å². The Kier molecular flexibility index (Phi) is 6.90. The smallest absolute Gasteiger partial charge is 0.0540 e. The molecule has 0 atom stereocenters. The van der Waals surface area contributed by atoms with Crippen LogP contribution in [0.3, 0.4) is 0 Å². The van der Waals surface area contributed by atoms with E-state index in [-0.39, 0.29) is 0 Å². The third kappa shape index (κ3) is 4.95. The third-order valence-corrected chi connectivity index (χ3v) is 8.66. The fraction of sp³-hybridized carbons (Fsp3) is 0. The van der Waals surface area contributed by atoms with Crippen LogP contribution in [-0.4, -0.2) is 0 Å². The highest BCUT2D eigenvalue weighted by Gasteiger charge is 2.20. The highest BCUT2D eigenvalue weighted by Crippen LogP contribution is 2.45. The van der Waals surface area contributed by atoms with E-state index in [2.05, 4.69) is 193 Å². The summed E-state index contributed by atoms with van der Waals surface area (Å²) < 4.78 is 0. The second-order valence-corrected chi connectivity index (χ2v) is 11.3. The second-order valence-electron chi connectivity index (χ2n) is 11.3. The van der Waals surface area contributed by atoms with Crippen molar-refractivity contribution in [3.8, 4) is 33.4 Å². The highest BCUT2D eigenvalue weighted by molar-refractivity contribution is 6.13. The zero-order valence-electron chi connectivity index (χ0n) is 24.8. The average molecular weight is 574 g/mol. The van der Waals surface area contributed by atoms with Gasteiger partial charge in [0.15, 0.2) is 0 Å². The van der Waals surface area contributed by atoms with Crippen LogP contribution in [0.2, 0.25) is 0 Å². The largest absolute Gasteiger partial charge is 0.309 e. The van der Waals surface area contributed by atoms with Crippen LogP contribution in [0.1, 0.15) is 0 Å². The van der Waals surface area contributed by atoms with Crippen LogP contribution in [0.25, 0.3) is 54.9 Å². The SMILES string of the molecule is c1ccc(-c2ccccc2N(c2ccc(-c3cc4ccccc4c4ccccc34)cc2)c2ccccc2-c2ccccc2)cc1. The van der Waals surface area contributed by atoms with Gasteiger partial charge in [0.25, 0.3) is 0 Å². The van der Waals surface area contributed by atoms with Gasteiger partial charge in [-0.1, -0.05) is 158 Å². The topological polar surface area (TPSA) is 3.24 Å². The summed E-state index contributed by atoms with van der Waals surface area (Å²) in [4.78, 5) is 2.41. The molecule has 1 nitrogen and oxygen atoms in total. The first-order chi connectivity index (χ1) is 22.3. The van der Waals surface area contributed by atoms with Gasteiger partial charge in [-0.25, -0.2) is 0 Å². The number of anilines is 3. The van der Waals surface area contributed by atoms with E-state index in [0.717, 1.165) is 17.1 Å². The molecular formula is C44H31N. The van der Waals surface area contributed by atoms with Crippen molar-refractivity contribution in [2.75, 3.05) is 4.90 Å². The zero-order chi connectivity index (χ0) is 30.0. The minimum Gasteiger partial charge on any atom is -0.309 e. The van der Waals surface area contributed by atoms with Gasteiger partial charge in [-0.3, -0.25) is 0 Å². The normalized spacial score (nSPS) is 11.1. The first-order valence-corrected chi connectivity index (χ1v) is 15.5. The molecule has 0 fully saturated rings. The maximum absolute atomic E-state index is 2.41. The van der Waals surface area contributed by atoms with Gasteiger partial charge in [-0.15, -0.1) is 0 Å². The van der Waals surface area contributed by atoms with Crippen molar-refractivity contribution >= 4 is 38.6 Å². The lowest BCUT2D eigenvalue weighted by molar-refractivity contribution is 1.28. The molecule has 0 unspecified atom stereocenters. The minimum absolute atomic E-state index is 1.11. The average Bonchev–Trinajstić information content (AvgIpc) is 3.13. The molecule has 45 heavy (non-hydrogen) atoms. The summed E-state index contributed by atoms with van der Waals surface area (Å²) in [6, 6.07) is 67.6. The quantitative estimate of drug-likeness (QED) is 0.179. The van der Waals surface area contributed by atoms with Crippen LogP contribution in [0.4, 0.5) is 17.1 Å². The van der Waals surface area contributed by atoms with Crippen molar-refractivity contribution in [3.63, 3.8) is 0 Å². The molecule has 0 aliphatic rings. The number of hydrogen-bond donors (Lipinski definition) is 0. The van der Waals surface area contributed by atoms with Crippen LogP contribution in [0.5, 0.6) is 0 Å². The van der Waals surface area contributed by atoms with Gasteiger partial charge in [-0.2, -0.15) is 0 Å². The van der Waals surface area contributed by atoms with Crippen LogP contribution in [0, 0.1) is 0 Å². The summed E-state index contributed by atoms with van der Waals surface area (Å²) in [6.07, 6.45) is 0. The minimum atomic E-state index is 1.11. The number of fused-ring (bicyclic) bond motifs is 3. The van der Waals surface area contributed by atoms with E-state index in [0.29, 0.717) is 0 Å². The molecule has 0 bridgehead atoms. The number of nitrogens with zero attached hydrogens (tertiary/aromatic N) is 1. The van der Waals surface area contributed by atoms with E-state index < -0.39 is 0 Å². The Morgan fingerprint density at radius 2 is 0.733 bits per heavy atom. The molecule has 0 aliphatic carbocycles. The molecule has 0 amide bonds. The van der Waals surface area contributed by atoms with Crippen LogP contribution in [-0.2, 0) is 0 Å². The van der Waals surface area contributed by atoms with Crippen LogP contribution < -0.4 is 4.90 Å². The Balaban J connectivity index is 1.33. The number of para-hydroxylation sites is 2. The Morgan fingerprint density at radius 3 is 1.33 bits per heavy atom. The van der Waals surface area contributed by atoms with Gasteiger partial charge in [0.05, 0.1) is 11.4 Å². The lowest BCUT2D eigenvalue weighted by Gasteiger charge is -2.30. The molecule has 0 aliphatic heterocycles. The lowest BCUT2D eigenvalue weighted by atomic mass is 9.93. The van der Waals surface area contributed by atoms with Crippen molar-refractivity contribution in [1.82, 2.24) is 0 Å². The molecular weight excluding hydrogens is 542 g/mol. The van der Waals surface area contributed by atoms with Crippen LogP contribution >= 0.6 is 0 Å². The monoisotopic (exact) mass is 573 g/mol. The van der Waals surface area contributed by atoms with Crippen molar-refractivity contribution in [2.45, 2.75) is 0 Å². The molecule has 8 aromatic rings. The fourth-order valence-electron chi connectivity index (χ4n) is 6.55. The highest BCUT2D eigenvalue weighted by atomic mass is 15.1. The van der Waals surface area contributed by atoms with Gasteiger partial charge in [0.2, 0.25) is 0 Å². The number of rotatable bonds is 6. The van der Waals surface area contributed by atoms with Gasteiger partial charge in [-0.05, 0) is 74.1 Å². The molecule has 0 spiro atoms. The predicted octanol–water partition coefficient (Wildman–Crippen LogP) is 12.5. The van der Waals surface area contributed by atoms with Gasteiger partial charge < -0.3 is 4.90 Å². The Hall–Kier alpha value is -5.92. The van der Waals surface area contributed by atoms with Crippen molar-refractivity contribution in [2.24, 2.45) is 0 Å². The summed E-state index contributed by atoms with van der Waals surface area (Å²) in [5.41, 5.74) is 10.6. The maximum Gasteiger partial charge on any atom is 0.0540 e. The molecule has 0 aromatic heterocycles. The van der Waals surface area contributed by atoms with Crippen LogP contribution in [0.15, 0.2) is 188 Å². The van der Waals surface area contributed by atoms with E-state index >= 15 is 0 Å². The summed E-state index contributed by atoms with van der Waals surface area (Å²) in [5.74, 6) is 0. The van der Waals surface area contributed by atoms with Crippen molar-refractivity contribution in [3.05, 3.63) is 188 Å². The summed E-state index contributed by atoms with van der Waals surface area (Å²) in [7, 11) is 0. The van der Waals surface area contributed by atoms with E-state index in [1.54, 1.807) is 0 Å². The molecule has 212 valence electrons. The number of hydrogen-bond acceptors (Lipinski definition) is 1. The molecule has 0 heterocycles. The third-order valence-electron chi connectivity index (χ3n) is 8.66. The Bertz CT molecular complexity index is 2170. The Labute approximate surface area is 264 Å². The lowest BCUT2D eigenvalue weighted by Crippen LogP contribution is -2.12. The summed E-state index contributed by atoms with van der Waals surface area (Å²) in [6.45, 7) is 0. The first-order valence-electron chi connectivity index (χ1n) is 15.5. The van der Waals surface area contributed by atoms with Gasteiger partial charge in [0, 0.05) is 16.8 Å². The van der Waals surface area contributed by atoms with E-state index in [9.17, 15) is 0 Å². The maximum atomic E-state index is 2.41. The van der Waals surface area contributed by atoms with E-state index in [1.807, 2.05) is 0 Å². The molecule has 0 radical (unpaired) electrons. The first kappa shape index (κ1) is 26.7. The Morgan fingerprint density at radius 1 is 0.289 bits per heavy atom. The molecule has 0 saturated carbocycles. The molecule has 8 aromatic carbocycles. The summed E-state index contributed by atoms with van der Waals surface area (Å²) in [5, 5.41) is 5.09. The van der Waals surface area contributed by atoms with Gasteiger partial charge in [0.1, 0.15) is 0 Å². The predicted molar refractivity (Wildman–Crippen MR) is 192 cm³/mol. The molecule has 8 rings (SSSR count). The molecule has 0 saturated heterocycles. The standard InChI is InChI=1S/C44H31N/c1-3-15-32(16-4-1)38-21-11-13-25-43(38)45(44-26-14-12-22-39(44)33-17-5-2-6-18-33)36-29-27-34(28-30-36)42-31-35-19-7-8-20-37(35)40-23-9-10-24-41(40)42/h1-31H. The molecule has 1 heteroatoms. The van der Waals surface area contributed by atoms with E-state index in [1.165, 1.54) is 54.9 Å². The summed E-state index contributed by atoms with van der Waals surface area (Å²) >= 11 is 0. The van der Waals surface area contributed by atoms with E-state index in [4.69, 9.17) is 0 Å². The second kappa shape index (κ2) is 11.6. The number of benzene rings is 8. The zero-order valence-corrected chi connectivity index (χ0v) is 24.8.